The molecule has 0 bridgehead atoms. The molecule has 0 spiro atoms. The summed E-state index contributed by atoms with van der Waals surface area (Å²) in [5.41, 5.74) is -0.811. The van der Waals surface area contributed by atoms with E-state index in [1.165, 1.54) is 31.6 Å². The first-order valence-electron chi connectivity index (χ1n) is 11.8. The zero-order chi connectivity index (χ0) is 26.9. The van der Waals surface area contributed by atoms with Gasteiger partial charge in [0.25, 0.3) is 0 Å². The molecule has 0 aromatic heterocycles. The van der Waals surface area contributed by atoms with Gasteiger partial charge in [0, 0.05) is 18.4 Å². The first kappa shape index (κ1) is 27.3. The van der Waals surface area contributed by atoms with Gasteiger partial charge in [-0.1, -0.05) is 6.07 Å². The molecule has 204 valence electrons. The molecular weight excluding hydrogens is 492 g/mol. The van der Waals surface area contributed by atoms with E-state index in [1.54, 1.807) is 25.1 Å². The van der Waals surface area contributed by atoms with Gasteiger partial charge in [-0.05, 0) is 36.8 Å². The molecule has 3 aliphatic rings. The molecule has 0 amide bonds. The highest BCUT2D eigenvalue weighted by Gasteiger charge is 2.57. The molecule has 2 heterocycles. The van der Waals surface area contributed by atoms with Gasteiger partial charge >= 0.3 is 5.97 Å². The minimum Gasteiger partial charge on any atom is -0.504 e. The van der Waals surface area contributed by atoms with Gasteiger partial charge in [-0.15, -0.1) is 0 Å². The molecule has 1 aliphatic carbocycles. The Labute approximate surface area is 212 Å². The van der Waals surface area contributed by atoms with E-state index in [0.29, 0.717) is 5.56 Å². The van der Waals surface area contributed by atoms with Gasteiger partial charge in [-0.2, -0.15) is 0 Å². The van der Waals surface area contributed by atoms with Gasteiger partial charge < -0.3 is 54.3 Å². The number of hydrogen-bond acceptors (Lipinski definition) is 12. The molecule has 1 saturated heterocycles. The van der Waals surface area contributed by atoms with E-state index in [-0.39, 0.29) is 17.9 Å². The van der Waals surface area contributed by atoms with Crippen molar-refractivity contribution in [3.8, 4) is 11.5 Å². The van der Waals surface area contributed by atoms with Crippen molar-refractivity contribution < 1.29 is 59.1 Å². The van der Waals surface area contributed by atoms with Gasteiger partial charge in [0.1, 0.15) is 30.5 Å². The van der Waals surface area contributed by atoms with Crippen LogP contribution in [0, 0.1) is 11.8 Å². The van der Waals surface area contributed by atoms with Crippen LogP contribution < -0.4 is 4.74 Å². The zero-order valence-electron chi connectivity index (χ0n) is 20.3. The molecule has 12 heteroatoms. The fourth-order valence-corrected chi connectivity index (χ4v) is 5.04. The molecule has 12 nitrogen and oxygen atoms in total. The van der Waals surface area contributed by atoms with Crippen molar-refractivity contribution in [1.82, 2.24) is 0 Å². The first-order chi connectivity index (χ1) is 17.6. The number of esters is 1. The minimum atomic E-state index is -1.64. The summed E-state index contributed by atoms with van der Waals surface area (Å²) in [5.74, 6) is -1.69. The molecule has 2 fully saturated rings. The molecule has 2 aliphatic heterocycles. The molecule has 10 atom stereocenters. The number of phenols is 1. The highest BCUT2D eigenvalue weighted by Crippen LogP contribution is 2.48. The van der Waals surface area contributed by atoms with Gasteiger partial charge in [0.05, 0.1) is 31.5 Å². The van der Waals surface area contributed by atoms with Crippen molar-refractivity contribution >= 4 is 12.0 Å². The number of benzene rings is 1. The second kappa shape index (κ2) is 11.0. The van der Waals surface area contributed by atoms with Crippen LogP contribution in [0.1, 0.15) is 18.9 Å². The Morgan fingerprint density at radius 1 is 1.19 bits per heavy atom. The number of ether oxygens (including phenoxy) is 5. The molecule has 1 saturated carbocycles. The summed E-state index contributed by atoms with van der Waals surface area (Å²) >= 11 is 0. The highest BCUT2D eigenvalue weighted by molar-refractivity contribution is 5.87. The lowest BCUT2D eigenvalue weighted by Gasteiger charge is -2.43. The third kappa shape index (κ3) is 5.60. The zero-order valence-corrected chi connectivity index (χ0v) is 20.3. The van der Waals surface area contributed by atoms with E-state index in [0.717, 1.165) is 0 Å². The second-order valence-electron chi connectivity index (χ2n) is 9.57. The number of fused-ring (bicyclic) bond motifs is 1. The number of rotatable bonds is 7. The lowest BCUT2D eigenvalue weighted by molar-refractivity contribution is -0.346. The van der Waals surface area contributed by atoms with Crippen LogP contribution >= 0.6 is 0 Å². The molecule has 1 aromatic rings. The average molecular weight is 525 g/mol. The maximum atomic E-state index is 12.6. The summed E-state index contributed by atoms with van der Waals surface area (Å²) < 4.78 is 27.4. The lowest BCUT2D eigenvalue weighted by atomic mass is 9.85. The number of carbonyl (C=O) groups is 1. The third-order valence-electron chi connectivity index (χ3n) is 6.98. The van der Waals surface area contributed by atoms with Crippen molar-refractivity contribution in [1.29, 1.82) is 0 Å². The Balaban J connectivity index is 1.44. The van der Waals surface area contributed by atoms with Crippen LogP contribution in [0.2, 0.25) is 0 Å². The standard InChI is InChI=1S/C25H32O12/c1-25(32)10-16(35-18(28)6-4-12-3-5-14(27)15(9-12)33-2)13-7-8-34-23(19(13)25)37-24-22(31)21(30)20(29)17(11-26)36-24/h3-9,13,16-17,19-24,26-27,29-32H,10-11H2,1-2H3/b6-4-/t13-,16?,17+,19+,20+,21+,22+,23-,24-,25-/m0/s1. The summed E-state index contributed by atoms with van der Waals surface area (Å²) in [6, 6.07) is 4.59. The number of aromatic hydroxyl groups is 1. The fourth-order valence-electron chi connectivity index (χ4n) is 5.04. The van der Waals surface area contributed by atoms with E-state index < -0.39 is 73.1 Å². The number of hydrogen-bond donors (Lipinski definition) is 6. The molecule has 4 rings (SSSR count). The van der Waals surface area contributed by atoms with Crippen molar-refractivity contribution in [2.45, 2.75) is 62.0 Å². The predicted molar refractivity (Wildman–Crippen MR) is 125 cm³/mol. The molecular formula is C25H32O12. The minimum absolute atomic E-state index is 0.0340. The van der Waals surface area contributed by atoms with Gasteiger partial charge in [-0.3, -0.25) is 0 Å². The monoisotopic (exact) mass is 524 g/mol. The normalized spacial score (nSPS) is 39.3. The molecule has 0 radical (unpaired) electrons. The van der Waals surface area contributed by atoms with E-state index in [1.807, 2.05) is 0 Å². The van der Waals surface area contributed by atoms with Crippen LogP contribution in [-0.4, -0.2) is 99.0 Å². The number of phenolic OH excluding ortho intramolecular Hbond substituents is 1. The summed E-state index contributed by atoms with van der Waals surface area (Å²) in [5, 5.41) is 60.6. The van der Waals surface area contributed by atoms with Crippen LogP contribution in [0.4, 0.5) is 0 Å². The molecule has 6 N–H and O–H groups in total. The summed E-state index contributed by atoms with van der Waals surface area (Å²) in [4.78, 5) is 12.6. The first-order valence-corrected chi connectivity index (χ1v) is 11.8. The van der Waals surface area contributed by atoms with Gasteiger partial charge in [0.15, 0.2) is 17.8 Å². The molecule has 37 heavy (non-hydrogen) atoms. The Hall–Kier alpha value is -2.71. The third-order valence-corrected chi connectivity index (χ3v) is 6.98. The van der Waals surface area contributed by atoms with Gasteiger partial charge in [-0.25, -0.2) is 4.79 Å². The number of aliphatic hydroxyl groups excluding tert-OH is 4. The Kier molecular flexibility index (Phi) is 8.09. The van der Waals surface area contributed by atoms with Crippen LogP contribution in [0.15, 0.2) is 36.6 Å². The van der Waals surface area contributed by atoms with E-state index in [4.69, 9.17) is 23.7 Å². The summed E-state index contributed by atoms with van der Waals surface area (Å²) in [6.45, 7) is 0.922. The maximum Gasteiger partial charge on any atom is 0.331 e. The number of carbonyl (C=O) groups excluding carboxylic acids is 1. The summed E-state index contributed by atoms with van der Waals surface area (Å²) in [6.07, 6.45) is -3.58. The fraction of sp³-hybridized carbons (Fsp3) is 0.560. The SMILES string of the molecule is COc1cc(/C=C\C(=O)OC2C[C@](C)(O)[C@H]3[C@H](O[C@@H]4O[C@H](CO)[C@@H](O)[C@@H](O)[C@H]4O)OC=C[C@@H]23)ccc1O. The van der Waals surface area contributed by atoms with Crippen molar-refractivity contribution in [3.63, 3.8) is 0 Å². The van der Waals surface area contributed by atoms with Crippen molar-refractivity contribution in [2.24, 2.45) is 11.8 Å². The summed E-state index contributed by atoms with van der Waals surface area (Å²) in [7, 11) is 1.41. The van der Waals surface area contributed by atoms with Crippen LogP contribution in [0.3, 0.4) is 0 Å². The van der Waals surface area contributed by atoms with Crippen LogP contribution in [-0.2, 0) is 23.7 Å². The highest BCUT2D eigenvalue weighted by atomic mass is 16.8. The topological polar surface area (TPSA) is 185 Å². The van der Waals surface area contributed by atoms with E-state index >= 15 is 0 Å². The Bertz CT molecular complexity index is 1020. The Morgan fingerprint density at radius 3 is 2.65 bits per heavy atom. The largest absolute Gasteiger partial charge is 0.504 e. The average Bonchev–Trinajstić information content (AvgIpc) is 3.13. The maximum absolute atomic E-state index is 12.6. The van der Waals surface area contributed by atoms with E-state index in [2.05, 4.69) is 0 Å². The number of methoxy groups -OCH3 is 1. The lowest BCUT2D eigenvalue weighted by Crippen LogP contribution is -2.60. The predicted octanol–water partition coefficient (Wildman–Crippen LogP) is -0.601. The van der Waals surface area contributed by atoms with Crippen LogP contribution in [0.5, 0.6) is 11.5 Å². The Morgan fingerprint density at radius 2 is 1.95 bits per heavy atom. The second-order valence-corrected chi connectivity index (χ2v) is 9.57. The number of aliphatic hydroxyl groups is 5. The quantitative estimate of drug-likeness (QED) is 0.197. The molecule has 1 aromatic carbocycles. The van der Waals surface area contributed by atoms with Crippen LogP contribution in [0.25, 0.3) is 6.08 Å². The van der Waals surface area contributed by atoms with E-state index in [9.17, 15) is 35.4 Å². The molecule has 1 unspecified atom stereocenters. The van der Waals surface area contributed by atoms with Gasteiger partial charge in [0.2, 0.25) is 6.29 Å². The van der Waals surface area contributed by atoms with Crippen molar-refractivity contribution in [2.75, 3.05) is 13.7 Å². The smallest absolute Gasteiger partial charge is 0.331 e. The van der Waals surface area contributed by atoms with Crippen molar-refractivity contribution in [3.05, 3.63) is 42.2 Å².